The Kier molecular flexibility index (Phi) is 2.60. The number of halogens is 1. The fourth-order valence-corrected chi connectivity index (χ4v) is 3.23. The molecule has 0 radical (unpaired) electrons. The van der Waals surface area contributed by atoms with Gasteiger partial charge in [-0.15, -0.1) is 0 Å². The molecule has 18 heavy (non-hydrogen) atoms. The second-order valence-electron chi connectivity index (χ2n) is 5.21. The van der Waals surface area contributed by atoms with Gasteiger partial charge in [-0.05, 0) is 34.7 Å². The van der Waals surface area contributed by atoms with Crippen LogP contribution in [0, 0.1) is 5.92 Å². The van der Waals surface area contributed by atoms with E-state index in [4.69, 9.17) is 5.73 Å². The number of nitrogens with two attached hydrogens (primary N) is 1. The van der Waals surface area contributed by atoms with E-state index >= 15 is 0 Å². The van der Waals surface area contributed by atoms with E-state index in [1.807, 2.05) is 0 Å². The quantitative estimate of drug-likeness (QED) is 0.801. The molecule has 5 nitrogen and oxygen atoms in total. The summed E-state index contributed by atoms with van der Waals surface area (Å²) in [6.45, 7) is 1.30. The van der Waals surface area contributed by atoms with Crippen molar-refractivity contribution in [2.24, 2.45) is 11.7 Å². The second kappa shape index (κ2) is 3.93. The van der Waals surface area contributed by atoms with Gasteiger partial charge in [-0.3, -0.25) is 9.59 Å². The molecular formula is C12H14BrN3O2. The van der Waals surface area contributed by atoms with Crippen molar-refractivity contribution in [2.75, 3.05) is 13.1 Å². The lowest BCUT2D eigenvalue weighted by molar-refractivity contribution is 0.0784. The predicted molar refractivity (Wildman–Crippen MR) is 70.3 cm³/mol. The highest BCUT2D eigenvalue weighted by Crippen LogP contribution is 2.42. The Bertz CT molecular complexity index is 571. The van der Waals surface area contributed by atoms with Gasteiger partial charge >= 0.3 is 0 Å². The van der Waals surface area contributed by atoms with Gasteiger partial charge in [0.1, 0.15) is 0 Å². The average molecular weight is 312 g/mol. The van der Waals surface area contributed by atoms with Gasteiger partial charge in [0.05, 0.1) is 5.56 Å². The number of aromatic nitrogens is 1. The van der Waals surface area contributed by atoms with Gasteiger partial charge in [-0.2, -0.15) is 0 Å². The molecule has 1 aliphatic carbocycles. The molecule has 2 atom stereocenters. The molecule has 0 bridgehead atoms. The molecule has 2 aliphatic rings. The Balaban J connectivity index is 1.87. The van der Waals surface area contributed by atoms with Crippen LogP contribution in [-0.4, -0.2) is 34.4 Å². The molecule has 2 heterocycles. The van der Waals surface area contributed by atoms with E-state index in [-0.39, 0.29) is 17.0 Å². The lowest BCUT2D eigenvalue weighted by Crippen LogP contribution is -2.54. The summed E-state index contributed by atoms with van der Waals surface area (Å²) in [7, 11) is 0. The molecule has 96 valence electrons. The van der Waals surface area contributed by atoms with Crippen LogP contribution in [0.3, 0.4) is 0 Å². The van der Waals surface area contributed by atoms with Crippen molar-refractivity contribution >= 4 is 21.8 Å². The first-order valence-corrected chi connectivity index (χ1v) is 6.75. The standard InChI is InChI=1S/C12H14BrN3O2/c13-9-4-15-10(17)3-8(9)11(18)16-5-7-1-2-12(7,14)6-16/h3-4,7H,1-2,5-6,14H2,(H,15,17)/t7-,12-/m0/s1. The predicted octanol–water partition coefficient (Wildman–Crippen LogP) is 0.701. The third kappa shape index (κ3) is 1.71. The number of amides is 1. The Morgan fingerprint density at radius 1 is 1.61 bits per heavy atom. The van der Waals surface area contributed by atoms with Crippen LogP contribution in [0.4, 0.5) is 0 Å². The molecule has 1 aromatic heterocycles. The molecule has 1 aliphatic heterocycles. The Hall–Kier alpha value is -1.14. The Labute approximate surface area is 112 Å². The maximum atomic E-state index is 12.4. The fraction of sp³-hybridized carbons (Fsp3) is 0.500. The lowest BCUT2D eigenvalue weighted by Gasteiger charge is -2.39. The number of hydrogen-bond donors (Lipinski definition) is 2. The molecule has 0 spiro atoms. The van der Waals surface area contributed by atoms with Crippen molar-refractivity contribution in [3.63, 3.8) is 0 Å². The number of pyridine rings is 1. The highest BCUT2D eigenvalue weighted by Gasteiger charge is 2.51. The van der Waals surface area contributed by atoms with E-state index in [0.717, 1.165) is 12.8 Å². The zero-order valence-electron chi connectivity index (χ0n) is 9.78. The number of carbonyl (C=O) groups is 1. The number of hydrogen-bond acceptors (Lipinski definition) is 3. The largest absolute Gasteiger partial charge is 0.336 e. The summed E-state index contributed by atoms with van der Waals surface area (Å²) in [5.74, 6) is 0.300. The molecule has 3 N–H and O–H groups in total. The van der Waals surface area contributed by atoms with Gasteiger partial charge in [-0.25, -0.2) is 0 Å². The summed E-state index contributed by atoms with van der Waals surface area (Å²) in [6, 6.07) is 1.33. The normalized spacial score (nSPS) is 29.9. The van der Waals surface area contributed by atoms with Crippen LogP contribution in [0.1, 0.15) is 23.2 Å². The molecule has 1 saturated carbocycles. The topological polar surface area (TPSA) is 79.2 Å². The van der Waals surface area contributed by atoms with E-state index < -0.39 is 0 Å². The minimum absolute atomic E-state index is 0.118. The highest BCUT2D eigenvalue weighted by atomic mass is 79.9. The third-order valence-electron chi connectivity index (χ3n) is 4.09. The summed E-state index contributed by atoms with van der Waals surface area (Å²) < 4.78 is 0.609. The molecule has 1 aromatic rings. The third-order valence-corrected chi connectivity index (χ3v) is 4.74. The monoisotopic (exact) mass is 311 g/mol. The van der Waals surface area contributed by atoms with Crippen molar-refractivity contribution in [3.05, 3.63) is 32.7 Å². The van der Waals surface area contributed by atoms with E-state index in [1.54, 1.807) is 4.90 Å². The highest BCUT2D eigenvalue weighted by molar-refractivity contribution is 9.10. The first kappa shape index (κ1) is 11.9. The number of H-pyrrole nitrogens is 1. The van der Waals surface area contributed by atoms with Gasteiger partial charge < -0.3 is 15.6 Å². The number of likely N-dealkylation sites (tertiary alicyclic amines) is 1. The SMILES string of the molecule is N[C@]12CC[C@H]1CN(C(=O)c1cc(=O)[nH]cc1Br)C2. The van der Waals surface area contributed by atoms with Crippen molar-refractivity contribution < 1.29 is 4.79 Å². The number of nitrogens with one attached hydrogen (secondary N) is 1. The maximum absolute atomic E-state index is 12.4. The van der Waals surface area contributed by atoms with Crippen LogP contribution in [0.5, 0.6) is 0 Å². The van der Waals surface area contributed by atoms with E-state index in [1.165, 1.54) is 12.3 Å². The number of nitrogens with zero attached hydrogens (tertiary/aromatic N) is 1. The smallest absolute Gasteiger partial charge is 0.255 e. The molecule has 0 unspecified atom stereocenters. The minimum atomic E-state index is -0.272. The first-order chi connectivity index (χ1) is 8.49. The molecule has 0 aromatic carbocycles. The van der Waals surface area contributed by atoms with Gasteiger partial charge in [-0.1, -0.05) is 0 Å². The minimum Gasteiger partial charge on any atom is -0.336 e. The van der Waals surface area contributed by atoms with E-state index in [2.05, 4.69) is 20.9 Å². The van der Waals surface area contributed by atoms with Crippen molar-refractivity contribution in [2.45, 2.75) is 18.4 Å². The molecule has 1 amide bonds. The number of aromatic amines is 1. The van der Waals surface area contributed by atoms with Crippen molar-refractivity contribution in [1.29, 1.82) is 0 Å². The van der Waals surface area contributed by atoms with Gasteiger partial charge in [0.2, 0.25) is 5.56 Å². The summed E-state index contributed by atoms with van der Waals surface area (Å²) in [5, 5.41) is 0. The first-order valence-electron chi connectivity index (χ1n) is 5.96. The van der Waals surface area contributed by atoms with Gasteiger partial charge in [0.25, 0.3) is 5.91 Å². The van der Waals surface area contributed by atoms with Crippen LogP contribution in [0.2, 0.25) is 0 Å². The molecule has 1 saturated heterocycles. The summed E-state index contributed by atoms with van der Waals surface area (Å²) in [5.41, 5.74) is 6.15. The van der Waals surface area contributed by atoms with Crippen molar-refractivity contribution in [1.82, 2.24) is 9.88 Å². The fourth-order valence-electron chi connectivity index (χ4n) is 2.83. The van der Waals surface area contributed by atoms with Crippen LogP contribution < -0.4 is 11.3 Å². The number of rotatable bonds is 1. The van der Waals surface area contributed by atoms with Crippen LogP contribution in [-0.2, 0) is 0 Å². The van der Waals surface area contributed by atoms with Gasteiger partial charge in [0, 0.05) is 35.4 Å². The van der Waals surface area contributed by atoms with Crippen LogP contribution >= 0.6 is 15.9 Å². The van der Waals surface area contributed by atoms with E-state index in [9.17, 15) is 9.59 Å². The summed E-state index contributed by atoms with van der Waals surface area (Å²) in [6.07, 6.45) is 3.58. The lowest BCUT2D eigenvalue weighted by atomic mass is 9.70. The molecule has 3 rings (SSSR count). The van der Waals surface area contributed by atoms with Gasteiger partial charge in [0.15, 0.2) is 0 Å². The average Bonchev–Trinajstić information content (AvgIpc) is 2.56. The van der Waals surface area contributed by atoms with Crippen molar-refractivity contribution in [3.8, 4) is 0 Å². The Morgan fingerprint density at radius 3 is 2.94 bits per heavy atom. The summed E-state index contributed by atoms with van der Waals surface area (Å²) in [4.78, 5) is 27.9. The summed E-state index contributed by atoms with van der Waals surface area (Å²) >= 11 is 3.29. The zero-order chi connectivity index (χ0) is 12.9. The number of fused-ring (bicyclic) bond motifs is 1. The van der Waals surface area contributed by atoms with Crippen LogP contribution in [0.15, 0.2) is 21.5 Å². The zero-order valence-corrected chi connectivity index (χ0v) is 11.4. The maximum Gasteiger partial charge on any atom is 0.255 e. The van der Waals surface area contributed by atoms with E-state index in [0.29, 0.717) is 29.0 Å². The second-order valence-corrected chi connectivity index (χ2v) is 6.07. The van der Waals surface area contributed by atoms with Crippen LogP contribution in [0.25, 0.3) is 0 Å². The number of carbonyl (C=O) groups excluding carboxylic acids is 1. The molecule has 6 heteroatoms. The molecule has 2 fully saturated rings. The molecular weight excluding hydrogens is 298 g/mol. The Morgan fingerprint density at radius 2 is 2.39 bits per heavy atom.